The number of hydrogen-bond donors (Lipinski definition) is 1. The van der Waals surface area contributed by atoms with Crippen LogP contribution in [0.15, 0.2) is 70.2 Å². The maximum absolute atomic E-state index is 12.9. The molecule has 0 saturated heterocycles. The van der Waals surface area contributed by atoms with Gasteiger partial charge in [0.2, 0.25) is 5.91 Å². The van der Waals surface area contributed by atoms with E-state index < -0.39 is 17.6 Å². The number of carbonyl (C=O) groups excluding carboxylic acids is 1. The van der Waals surface area contributed by atoms with Crippen molar-refractivity contribution in [3.8, 4) is 11.3 Å². The Morgan fingerprint density at radius 2 is 1.82 bits per heavy atom. The third-order valence-corrected chi connectivity index (χ3v) is 3.76. The standard InChI is InChI=1S/C20H14F4N2O2/c21-16-6-4-14(5-7-16)18-9-8-17(28-18)12-25-26-19(27)11-13-2-1-3-15(10-13)20(22,23)24/h1-10,12H,11H2,(H,26,27)/b25-12+. The SMILES string of the molecule is O=C(Cc1cccc(C(F)(F)F)c1)N/N=C/c1ccc(-c2ccc(F)cc2)o1. The third-order valence-electron chi connectivity index (χ3n) is 3.76. The molecule has 144 valence electrons. The number of carbonyl (C=O) groups is 1. The highest BCUT2D eigenvalue weighted by atomic mass is 19.4. The fourth-order valence-corrected chi connectivity index (χ4v) is 2.44. The monoisotopic (exact) mass is 390 g/mol. The van der Waals surface area contributed by atoms with E-state index in [0.717, 1.165) is 12.1 Å². The van der Waals surface area contributed by atoms with Crippen LogP contribution in [0.2, 0.25) is 0 Å². The van der Waals surface area contributed by atoms with Gasteiger partial charge in [0.15, 0.2) is 0 Å². The van der Waals surface area contributed by atoms with Crippen LogP contribution in [0, 0.1) is 5.82 Å². The van der Waals surface area contributed by atoms with Crippen molar-refractivity contribution in [1.82, 2.24) is 5.43 Å². The molecule has 0 saturated carbocycles. The first-order valence-corrected chi connectivity index (χ1v) is 8.15. The molecule has 28 heavy (non-hydrogen) atoms. The number of halogens is 4. The molecule has 8 heteroatoms. The van der Waals surface area contributed by atoms with E-state index in [1.165, 1.54) is 30.5 Å². The Bertz CT molecular complexity index is 992. The van der Waals surface area contributed by atoms with Crippen molar-refractivity contribution in [2.75, 3.05) is 0 Å². The predicted octanol–water partition coefficient (Wildman–Crippen LogP) is 4.80. The van der Waals surface area contributed by atoms with Crippen LogP contribution >= 0.6 is 0 Å². The second kappa shape index (κ2) is 8.08. The van der Waals surface area contributed by atoms with Crippen molar-refractivity contribution in [3.05, 3.63) is 83.4 Å². The molecule has 3 rings (SSSR count). The van der Waals surface area contributed by atoms with Gasteiger partial charge in [0.1, 0.15) is 17.3 Å². The summed E-state index contributed by atoms with van der Waals surface area (Å²) in [6.45, 7) is 0. The minimum Gasteiger partial charge on any atom is -0.455 e. The first-order chi connectivity index (χ1) is 13.3. The minimum absolute atomic E-state index is 0.221. The van der Waals surface area contributed by atoms with E-state index in [4.69, 9.17) is 4.42 Å². The molecule has 0 spiro atoms. The highest BCUT2D eigenvalue weighted by Crippen LogP contribution is 2.29. The van der Waals surface area contributed by atoms with Crippen LogP contribution in [0.25, 0.3) is 11.3 Å². The van der Waals surface area contributed by atoms with Gasteiger partial charge in [-0.05, 0) is 48.0 Å². The Hall–Kier alpha value is -3.42. The first kappa shape index (κ1) is 19.3. The van der Waals surface area contributed by atoms with E-state index in [2.05, 4.69) is 10.5 Å². The summed E-state index contributed by atoms with van der Waals surface area (Å²) >= 11 is 0. The van der Waals surface area contributed by atoms with Crippen molar-refractivity contribution in [1.29, 1.82) is 0 Å². The quantitative estimate of drug-likeness (QED) is 0.387. The lowest BCUT2D eigenvalue weighted by Gasteiger charge is -2.08. The van der Waals surface area contributed by atoms with Crippen LogP contribution in [0.1, 0.15) is 16.9 Å². The Balaban J connectivity index is 1.58. The highest BCUT2D eigenvalue weighted by Gasteiger charge is 2.30. The Morgan fingerprint density at radius 1 is 1.07 bits per heavy atom. The molecule has 0 atom stereocenters. The second-order valence-corrected chi connectivity index (χ2v) is 5.88. The van der Waals surface area contributed by atoms with Crippen molar-refractivity contribution < 1.29 is 26.8 Å². The predicted molar refractivity (Wildman–Crippen MR) is 95.0 cm³/mol. The minimum atomic E-state index is -4.47. The lowest BCUT2D eigenvalue weighted by atomic mass is 10.1. The van der Waals surface area contributed by atoms with E-state index >= 15 is 0 Å². The number of nitrogens with zero attached hydrogens (tertiary/aromatic N) is 1. The van der Waals surface area contributed by atoms with Crippen LogP contribution in [0.5, 0.6) is 0 Å². The van der Waals surface area contributed by atoms with Gasteiger partial charge in [-0.3, -0.25) is 4.79 Å². The molecule has 0 unspecified atom stereocenters. The Morgan fingerprint density at radius 3 is 2.54 bits per heavy atom. The van der Waals surface area contributed by atoms with Crippen LogP contribution < -0.4 is 5.43 Å². The maximum atomic E-state index is 12.9. The lowest BCUT2D eigenvalue weighted by molar-refractivity contribution is -0.137. The zero-order chi connectivity index (χ0) is 20.1. The third kappa shape index (κ3) is 5.06. The molecule has 1 amide bonds. The van der Waals surface area contributed by atoms with Crippen LogP contribution in [-0.4, -0.2) is 12.1 Å². The van der Waals surface area contributed by atoms with Crippen LogP contribution in [0.3, 0.4) is 0 Å². The highest BCUT2D eigenvalue weighted by molar-refractivity contribution is 5.82. The van der Waals surface area contributed by atoms with E-state index in [0.29, 0.717) is 17.1 Å². The summed E-state index contributed by atoms with van der Waals surface area (Å²) in [4.78, 5) is 11.9. The number of amides is 1. The molecular weight excluding hydrogens is 376 g/mol. The number of hydrazone groups is 1. The molecule has 1 aromatic heterocycles. The summed E-state index contributed by atoms with van der Waals surface area (Å²) in [6, 6.07) is 13.5. The first-order valence-electron chi connectivity index (χ1n) is 8.15. The van der Waals surface area contributed by atoms with Crippen LogP contribution in [-0.2, 0) is 17.4 Å². The van der Waals surface area contributed by atoms with Gasteiger partial charge >= 0.3 is 6.18 Å². The fourth-order valence-electron chi connectivity index (χ4n) is 2.44. The molecule has 0 aliphatic carbocycles. The molecule has 1 N–H and O–H groups in total. The molecule has 0 radical (unpaired) electrons. The molecular formula is C20H14F4N2O2. The summed E-state index contributed by atoms with van der Waals surface area (Å²) in [7, 11) is 0. The van der Waals surface area contributed by atoms with Crippen molar-refractivity contribution in [3.63, 3.8) is 0 Å². The topological polar surface area (TPSA) is 54.6 Å². The van der Waals surface area contributed by atoms with Gasteiger partial charge in [-0.1, -0.05) is 18.2 Å². The van der Waals surface area contributed by atoms with E-state index in [9.17, 15) is 22.4 Å². The van der Waals surface area contributed by atoms with Gasteiger partial charge in [-0.15, -0.1) is 0 Å². The number of benzene rings is 2. The molecule has 0 fully saturated rings. The van der Waals surface area contributed by atoms with Gasteiger partial charge in [-0.25, -0.2) is 9.82 Å². The summed E-state index contributed by atoms with van der Waals surface area (Å²) in [5.74, 6) is -0.0862. The van der Waals surface area contributed by atoms with E-state index in [-0.39, 0.29) is 17.8 Å². The summed E-state index contributed by atoms with van der Waals surface area (Å²) in [5, 5.41) is 3.73. The zero-order valence-corrected chi connectivity index (χ0v) is 14.3. The van der Waals surface area contributed by atoms with Gasteiger partial charge < -0.3 is 4.42 Å². The number of rotatable bonds is 5. The lowest BCUT2D eigenvalue weighted by Crippen LogP contribution is -2.20. The molecule has 0 aliphatic heterocycles. The average Bonchev–Trinajstić information content (AvgIpc) is 3.11. The number of furan rings is 1. The van der Waals surface area contributed by atoms with Crippen molar-refractivity contribution in [2.45, 2.75) is 12.6 Å². The molecule has 0 aliphatic rings. The summed E-state index contributed by atoms with van der Waals surface area (Å²) in [6.07, 6.45) is -3.45. The number of hydrogen-bond acceptors (Lipinski definition) is 3. The summed E-state index contributed by atoms with van der Waals surface area (Å²) in [5.41, 5.74) is 2.32. The number of nitrogens with one attached hydrogen (secondary N) is 1. The summed E-state index contributed by atoms with van der Waals surface area (Å²) < 4.78 is 56.5. The number of alkyl halides is 3. The van der Waals surface area contributed by atoms with Gasteiger partial charge in [-0.2, -0.15) is 18.3 Å². The van der Waals surface area contributed by atoms with Gasteiger partial charge in [0, 0.05) is 5.56 Å². The van der Waals surface area contributed by atoms with Crippen molar-refractivity contribution in [2.24, 2.45) is 5.10 Å². The van der Waals surface area contributed by atoms with Crippen LogP contribution in [0.4, 0.5) is 17.6 Å². The normalized spacial score (nSPS) is 11.7. The fraction of sp³-hybridized carbons (Fsp3) is 0.100. The van der Waals surface area contributed by atoms with Crippen molar-refractivity contribution >= 4 is 12.1 Å². The van der Waals surface area contributed by atoms with Gasteiger partial charge in [0.25, 0.3) is 0 Å². The Kier molecular flexibility index (Phi) is 5.58. The molecule has 2 aromatic carbocycles. The average molecular weight is 390 g/mol. The zero-order valence-electron chi connectivity index (χ0n) is 14.3. The molecule has 0 bridgehead atoms. The smallest absolute Gasteiger partial charge is 0.416 e. The Labute approximate surface area is 157 Å². The molecule has 4 nitrogen and oxygen atoms in total. The maximum Gasteiger partial charge on any atom is 0.416 e. The van der Waals surface area contributed by atoms with E-state index in [1.54, 1.807) is 24.3 Å². The van der Waals surface area contributed by atoms with Gasteiger partial charge in [0.05, 0.1) is 18.2 Å². The molecule has 1 heterocycles. The van der Waals surface area contributed by atoms with E-state index in [1.807, 2.05) is 0 Å². The molecule has 3 aromatic rings. The largest absolute Gasteiger partial charge is 0.455 e. The second-order valence-electron chi connectivity index (χ2n) is 5.88.